The van der Waals surface area contributed by atoms with Gasteiger partial charge in [0.2, 0.25) is 10.0 Å². The van der Waals surface area contributed by atoms with Crippen LogP contribution in [0.1, 0.15) is 28.1 Å². The van der Waals surface area contributed by atoms with Gasteiger partial charge in [-0.2, -0.15) is 13.2 Å². The molecule has 0 amide bonds. The molecule has 0 aliphatic carbocycles. The predicted octanol–water partition coefficient (Wildman–Crippen LogP) is 2.37. The molecule has 146 valence electrons. The van der Waals surface area contributed by atoms with Crippen LogP contribution in [0.5, 0.6) is 0 Å². The van der Waals surface area contributed by atoms with E-state index in [1.807, 2.05) is 7.05 Å². The van der Waals surface area contributed by atoms with Crippen LogP contribution in [0.3, 0.4) is 0 Å². The number of halogens is 3. The molecule has 3 rings (SSSR count). The third-order valence-electron chi connectivity index (χ3n) is 4.68. The molecule has 0 fully saturated rings. The van der Waals surface area contributed by atoms with E-state index < -0.39 is 21.9 Å². The molecule has 0 bridgehead atoms. The number of nitrogens with two attached hydrogens (primary N) is 1. The first-order chi connectivity index (χ1) is 12.5. The molecule has 1 aliphatic heterocycles. The Balaban J connectivity index is 1.99. The molecule has 2 heterocycles. The van der Waals surface area contributed by atoms with Crippen LogP contribution in [0, 0.1) is 0 Å². The summed E-state index contributed by atoms with van der Waals surface area (Å²) in [5.41, 5.74) is 1.11. The lowest BCUT2D eigenvalue weighted by Gasteiger charge is -2.16. The normalized spacial score (nSPS) is 16.0. The molecule has 0 radical (unpaired) electrons. The van der Waals surface area contributed by atoms with Crippen LogP contribution in [0.25, 0.3) is 0 Å². The quantitative estimate of drug-likeness (QED) is 0.860. The van der Waals surface area contributed by atoms with Gasteiger partial charge in [-0.15, -0.1) is 0 Å². The van der Waals surface area contributed by atoms with E-state index >= 15 is 0 Å². The molecule has 1 aromatic carbocycles. The summed E-state index contributed by atoms with van der Waals surface area (Å²) in [5, 5.41) is 5.05. The molecular formula is C18H20F3N3O2S. The minimum Gasteiger partial charge on any atom is -0.306 e. The number of hydrogen-bond acceptors (Lipinski definition) is 4. The number of likely N-dealkylation sites (N-methyl/N-ethyl adjacent to an activating group) is 1. The second-order valence-corrected chi connectivity index (χ2v) is 8.33. The highest BCUT2D eigenvalue weighted by Gasteiger charge is 2.36. The van der Waals surface area contributed by atoms with Crippen LogP contribution in [0.15, 0.2) is 35.2 Å². The predicted molar refractivity (Wildman–Crippen MR) is 94.8 cm³/mol. The number of sulfonamides is 1. The van der Waals surface area contributed by atoms with Gasteiger partial charge in [0, 0.05) is 25.2 Å². The topological polar surface area (TPSA) is 76.3 Å². The van der Waals surface area contributed by atoms with E-state index in [2.05, 4.69) is 9.88 Å². The molecule has 5 nitrogen and oxygen atoms in total. The van der Waals surface area contributed by atoms with Gasteiger partial charge in [-0.25, -0.2) is 18.5 Å². The third-order valence-corrected chi connectivity index (χ3v) is 5.61. The molecular weight excluding hydrogens is 379 g/mol. The average molecular weight is 399 g/mol. The van der Waals surface area contributed by atoms with E-state index in [0.29, 0.717) is 30.6 Å². The molecule has 1 aromatic heterocycles. The molecule has 2 N–H and O–H groups in total. The van der Waals surface area contributed by atoms with E-state index in [0.717, 1.165) is 12.1 Å². The number of primary sulfonamides is 1. The summed E-state index contributed by atoms with van der Waals surface area (Å²) in [5.74, 6) is 0. The van der Waals surface area contributed by atoms with E-state index in [-0.39, 0.29) is 16.9 Å². The van der Waals surface area contributed by atoms with Crippen LogP contribution in [0.4, 0.5) is 13.2 Å². The summed E-state index contributed by atoms with van der Waals surface area (Å²) in [6.45, 7) is 1.44. The summed E-state index contributed by atoms with van der Waals surface area (Å²) in [7, 11) is -1.91. The van der Waals surface area contributed by atoms with Crippen LogP contribution < -0.4 is 5.14 Å². The van der Waals surface area contributed by atoms with Gasteiger partial charge in [-0.3, -0.25) is 0 Å². The van der Waals surface area contributed by atoms with Crippen LogP contribution in [-0.2, 0) is 35.5 Å². The third kappa shape index (κ3) is 4.66. The van der Waals surface area contributed by atoms with Crippen molar-refractivity contribution in [3.05, 3.63) is 58.4 Å². The van der Waals surface area contributed by atoms with E-state index in [4.69, 9.17) is 5.14 Å². The Morgan fingerprint density at radius 1 is 1.15 bits per heavy atom. The first-order valence-electron chi connectivity index (χ1n) is 8.43. The van der Waals surface area contributed by atoms with E-state index in [9.17, 15) is 21.6 Å². The molecule has 0 spiro atoms. The molecule has 2 aromatic rings. The standard InChI is InChI=1S/C18H20F3N3O2S/c1-24-8-6-13-11-14(17(18(19,20)21)23-16(13)7-9-24)10-12-2-4-15(5-3-12)27(22,25)26/h2-5,11H,6-10H2,1H3,(H2,22,25,26). The van der Waals surface area contributed by atoms with Crippen molar-refractivity contribution >= 4 is 10.0 Å². The lowest BCUT2D eigenvalue weighted by molar-refractivity contribution is -0.141. The van der Waals surface area contributed by atoms with Crippen LogP contribution in [0.2, 0.25) is 0 Å². The Labute approximate surface area is 156 Å². The molecule has 27 heavy (non-hydrogen) atoms. The zero-order valence-electron chi connectivity index (χ0n) is 14.8. The van der Waals surface area contributed by atoms with Crippen molar-refractivity contribution < 1.29 is 21.6 Å². The van der Waals surface area contributed by atoms with E-state index in [1.165, 1.54) is 24.3 Å². The van der Waals surface area contributed by atoms with Crippen LogP contribution in [-0.4, -0.2) is 38.4 Å². The Morgan fingerprint density at radius 2 is 1.78 bits per heavy atom. The van der Waals surface area contributed by atoms with Crippen molar-refractivity contribution in [3.8, 4) is 0 Å². The maximum atomic E-state index is 13.6. The highest BCUT2D eigenvalue weighted by atomic mass is 32.2. The molecule has 0 unspecified atom stereocenters. The number of alkyl halides is 3. The largest absolute Gasteiger partial charge is 0.433 e. The lowest BCUT2D eigenvalue weighted by atomic mass is 9.98. The van der Waals surface area contributed by atoms with Crippen molar-refractivity contribution in [3.63, 3.8) is 0 Å². The number of rotatable bonds is 3. The van der Waals surface area contributed by atoms with Gasteiger partial charge in [-0.05, 0) is 48.7 Å². The maximum absolute atomic E-state index is 13.6. The summed E-state index contributed by atoms with van der Waals surface area (Å²) in [6, 6.07) is 7.13. The fraction of sp³-hybridized carbons (Fsp3) is 0.389. The van der Waals surface area contributed by atoms with Gasteiger partial charge >= 0.3 is 6.18 Å². The second-order valence-electron chi connectivity index (χ2n) is 6.77. The Hall–Kier alpha value is -1.97. The highest BCUT2D eigenvalue weighted by Crippen LogP contribution is 2.33. The van der Waals surface area contributed by atoms with Gasteiger partial charge in [0.15, 0.2) is 0 Å². The summed E-state index contributed by atoms with van der Waals surface area (Å²) in [4.78, 5) is 5.96. The van der Waals surface area contributed by atoms with Crippen molar-refractivity contribution in [1.82, 2.24) is 9.88 Å². The molecule has 0 atom stereocenters. The SMILES string of the molecule is CN1CCc2cc(Cc3ccc(S(N)(=O)=O)cc3)c(C(F)(F)F)nc2CC1. The Morgan fingerprint density at radius 3 is 2.37 bits per heavy atom. The number of pyridine rings is 1. The smallest absolute Gasteiger partial charge is 0.306 e. The van der Waals surface area contributed by atoms with Gasteiger partial charge in [0.05, 0.1) is 4.90 Å². The second kappa shape index (κ2) is 7.21. The zero-order valence-corrected chi connectivity index (χ0v) is 15.6. The van der Waals surface area contributed by atoms with Crippen molar-refractivity contribution in [2.45, 2.75) is 30.3 Å². The number of hydrogen-bond donors (Lipinski definition) is 1. The number of nitrogens with zero attached hydrogens (tertiary/aromatic N) is 2. The molecule has 0 saturated heterocycles. The number of benzene rings is 1. The minimum atomic E-state index is -4.55. The van der Waals surface area contributed by atoms with Gasteiger partial charge in [0.25, 0.3) is 0 Å². The van der Waals surface area contributed by atoms with Gasteiger partial charge in [-0.1, -0.05) is 18.2 Å². The molecule has 9 heteroatoms. The fourth-order valence-corrected chi connectivity index (χ4v) is 3.71. The summed E-state index contributed by atoms with van der Waals surface area (Å²) < 4.78 is 63.3. The first kappa shape index (κ1) is 19.8. The van der Waals surface area contributed by atoms with E-state index in [1.54, 1.807) is 6.07 Å². The monoisotopic (exact) mass is 399 g/mol. The summed E-state index contributed by atoms with van der Waals surface area (Å²) in [6.07, 6.45) is -3.41. The van der Waals surface area contributed by atoms with Gasteiger partial charge < -0.3 is 4.90 Å². The van der Waals surface area contributed by atoms with Crippen molar-refractivity contribution in [2.24, 2.45) is 5.14 Å². The fourth-order valence-electron chi connectivity index (χ4n) is 3.19. The van der Waals surface area contributed by atoms with Crippen LogP contribution >= 0.6 is 0 Å². The first-order valence-corrected chi connectivity index (χ1v) is 9.98. The summed E-state index contributed by atoms with van der Waals surface area (Å²) >= 11 is 0. The Kier molecular flexibility index (Phi) is 5.29. The van der Waals surface area contributed by atoms with Crippen molar-refractivity contribution in [1.29, 1.82) is 0 Å². The number of aromatic nitrogens is 1. The Bertz CT molecular complexity index is 942. The van der Waals surface area contributed by atoms with Gasteiger partial charge in [0.1, 0.15) is 5.69 Å². The van der Waals surface area contributed by atoms with Crippen molar-refractivity contribution in [2.75, 3.05) is 20.1 Å². The lowest BCUT2D eigenvalue weighted by Crippen LogP contribution is -2.20. The zero-order chi connectivity index (χ0) is 19.8. The molecule has 1 aliphatic rings. The number of fused-ring (bicyclic) bond motifs is 1. The highest BCUT2D eigenvalue weighted by molar-refractivity contribution is 7.89. The molecule has 0 saturated carbocycles. The average Bonchev–Trinajstić information content (AvgIpc) is 2.75. The minimum absolute atomic E-state index is 0.00978. The maximum Gasteiger partial charge on any atom is 0.433 e.